The number of para-hydroxylation sites is 2. The maximum Gasteiger partial charge on any atom is 0.0860 e. The molecule has 0 saturated carbocycles. The van der Waals surface area contributed by atoms with Crippen LogP contribution in [0.15, 0.2) is 29.3 Å². The minimum absolute atomic E-state index is 0.955. The molecule has 1 aliphatic heterocycles. The van der Waals surface area contributed by atoms with Crippen molar-refractivity contribution < 1.29 is 0 Å². The van der Waals surface area contributed by atoms with Gasteiger partial charge in [0.15, 0.2) is 0 Å². The van der Waals surface area contributed by atoms with Gasteiger partial charge in [0.1, 0.15) is 0 Å². The Bertz CT molecular complexity index is 331. The molecule has 0 spiro atoms. The molecular weight excluding hydrogens is 172 g/mol. The van der Waals surface area contributed by atoms with Crippen LogP contribution in [0.5, 0.6) is 0 Å². The van der Waals surface area contributed by atoms with Crippen molar-refractivity contribution in [3.05, 3.63) is 24.3 Å². The maximum absolute atomic E-state index is 4.38. The summed E-state index contributed by atoms with van der Waals surface area (Å²) < 4.78 is 0. The summed E-state index contributed by atoms with van der Waals surface area (Å²) in [6.45, 7) is 4.32. The van der Waals surface area contributed by atoms with Crippen LogP contribution in [-0.4, -0.2) is 19.3 Å². The molecule has 74 valence electrons. The first-order valence-corrected chi connectivity index (χ1v) is 5.28. The summed E-state index contributed by atoms with van der Waals surface area (Å²) in [4.78, 5) is 6.78. The van der Waals surface area contributed by atoms with Gasteiger partial charge < -0.3 is 4.90 Å². The van der Waals surface area contributed by atoms with Gasteiger partial charge in [-0.05, 0) is 18.6 Å². The molecule has 2 nitrogen and oxygen atoms in total. The molecule has 0 N–H and O–H groups in total. The average Bonchev–Trinajstić information content (AvgIpc) is 2.26. The van der Waals surface area contributed by atoms with Crippen LogP contribution in [0, 0.1) is 0 Å². The average molecular weight is 188 g/mol. The lowest BCUT2D eigenvalue weighted by Gasteiger charge is -2.27. The van der Waals surface area contributed by atoms with E-state index in [0.29, 0.717) is 0 Å². The predicted octanol–water partition coefficient (Wildman–Crippen LogP) is 3.01. The van der Waals surface area contributed by atoms with Crippen molar-refractivity contribution in [3.63, 3.8) is 0 Å². The molecular formula is C12H16N2. The third-order valence-corrected chi connectivity index (χ3v) is 2.54. The van der Waals surface area contributed by atoms with Crippen LogP contribution in [0.1, 0.15) is 19.8 Å². The second-order valence-electron chi connectivity index (χ2n) is 3.60. The molecule has 1 aliphatic rings. The van der Waals surface area contributed by atoms with Gasteiger partial charge in [-0.3, -0.25) is 4.99 Å². The van der Waals surface area contributed by atoms with Gasteiger partial charge in [-0.1, -0.05) is 25.5 Å². The molecule has 0 unspecified atom stereocenters. The number of hydrogen-bond acceptors (Lipinski definition) is 2. The highest BCUT2D eigenvalue weighted by atomic mass is 15.2. The molecule has 1 aromatic rings. The number of nitrogens with zero attached hydrogens (tertiary/aromatic N) is 2. The molecule has 0 amide bonds. The van der Waals surface area contributed by atoms with Gasteiger partial charge in [-0.25, -0.2) is 0 Å². The summed E-state index contributed by atoms with van der Waals surface area (Å²) in [7, 11) is 0. The van der Waals surface area contributed by atoms with Crippen LogP contribution in [-0.2, 0) is 0 Å². The number of rotatable bonds is 3. The van der Waals surface area contributed by atoms with Crippen LogP contribution in [0.4, 0.5) is 11.4 Å². The number of hydrogen-bond donors (Lipinski definition) is 0. The van der Waals surface area contributed by atoms with Crippen molar-refractivity contribution in [3.8, 4) is 0 Å². The SMILES string of the molecule is CCCCN1CC=Nc2ccccc21. The summed E-state index contributed by atoms with van der Waals surface area (Å²) in [5.41, 5.74) is 2.39. The Morgan fingerprint density at radius 3 is 3.07 bits per heavy atom. The molecule has 2 heteroatoms. The molecule has 0 saturated heterocycles. The summed E-state index contributed by atoms with van der Waals surface area (Å²) in [6, 6.07) is 8.35. The van der Waals surface area contributed by atoms with E-state index in [1.165, 1.54) is 18.5 Å². The van der Waals surface area contributed by atoms with Crippen molar-refractivity contribution in [1.82, 2.24) is 0 Å². The molecule has 1 aromatic carbocycles. The third kappa shape index (κ3) is 1.79. The van der Waals surface area contributed by atoms with Crippen LogP contribution in [0.2, 0.25) is 0 Å². The third-order valence-electron chi connectivity index (χ3n) is 2.54. The predicted molar refractivity (Wildman–Crippen MR) is 61.7 cm³/mol. The first-order valence-electron chi connectivity index (χ1n) is 5.28. The minimum Gasteiger partial charge on any atom is -0.365 e. The van der Waals surface area contributed by atoms with Crippen LogP contribution >= 0.6 is 0 Å². The van der Waals surface area contributed by atoms with Gasteiger partial charge in [0.05, 0.1) is 17.9 Å². The van der Waals surface area contributed by atoms with E-state index in [0.717, 1.165) is 18.8 Å². The zero-order chi connectivity index (χ0) is 9.80. The smallest absolute Gasteiger partial charge is 0.0860 e. The lowest BCUT2D eigenvalue weighted by molar-refractivity contribution is 0.752. The van der Waals surface area contributed by atoms with E-state index in [9.17, 15) is 0 Å². The highest BCUT2D eigenvalue weighted by molar-refractivity contribution is 5.81. The van der Waals surface area contributed by atoms with Gasteiger partial charge in [0, 0.05) is 12.8 Å². The molecule has 0 bridgehead atoms. The zero-order valence-corrected chi connectivity index (χ0v) is 8.61. The van der Waals surface area contributed by atoms with E-state index in [2.05, 4.69) is 35.0 Å². The zero-order valence-electron chi connectivity index (χ0n) is 8.61. The van der Waals surface area contributed by atoms with Crippen molar-refractivity contribution in [2.24, 2.45) is 4.99 Å². The standard InChI is InChI=1S/C12H16N2/c1-2-3-9-14-10-8-13-11-6-4-5-7-12(11)14/h4-8H,2-3,9-10H2,1H3. The molecule has 0 aliphatic carbocycles. The second-order valence-corrected chi connectivity index (χ2v) is 3.60. The lowest BCUT2D eigenvalue weighted by atomic mass is 10.2. The second kappa shape index (κ2) is 4.27. The molecule has 1 heterocycles. The highest BCUT2D eigenvalue weighted by Gasteiger charge is 2.11. The molecule has 0 radical (unpaired) electrons. The summed E-state index contributed by atoms with van der Waals surface area (Å²) in [6.07, 6.45) is 4.50. The minimum atomic E-state index is 0.955. The quantitative estimate of drug-likeness (QED) is 0.712. The Hall–Kier alpha value is -1.31. The van der Waals surface area contributed by atoms with Crippen molar-refractivity contribution >= 4 is 17.6 Å². The van der Waals surface area contributed by atoms with Gasteiger partial charge in [-0.2, -0.15) is 0 Å². The Morgan fingerprint density at radius 1 is 1.36 bits per heavy atom. The number of anilines is 1. The number of aliphatic imine (C=N–C) groups is 1. The lowest BCUT2D eigenvalue weighted by Crippen LogP contribution is -2.28. The summed E-state index contributed by atoms with van der Waals surface area (Å²) in [5.74, 6) is 0. The molecule has 14 heavy (non-hydrogen) atoms. The Morgan fingerprint density at radius 2 is 2.21 bits per heavy atom. The first-order chi connectivity index (χ1) is 6.92. The molecule has 0 fully saturated rings. The van der Waals surface area contributed by atoms with Gasteiger partial charge >= 0.3 is 0 Å². The van der Waals surface area contributed by atoms with Crippen LogP contribution in [0.25, 0.3) is 0 Å². The molecule has 0 atom stereocenters. The van der Waals surface area contributed by atoms with E-state index in [-0.39, 0.29) is 0 Å². The maximum atomic E-state index is 4.38. The fraction of sp³-hybridized carbons (Fsp3) is 0.417. The van der Waals surface area contributed by atoms with Crippen molar-refractivity contribution in [2.45, 2.75) is 19.8 Å². The van der Waals surface area contributed by atoms with Crippen molar-refractivity contribution in [2.75, 3.05) is 18.0 Å². The topological polar surface area (TPSA) is 15.6 Å². The van der Waals surface area contributed by atoms with E-state index < -0.39 is 0 Å². The van der Waals surface area contributed by atoms with E-state index in [1.807, 2.05) is 12.3 Å². The van der Waals surface area contributed by atoms with E-state index in [1.54, 1.807) is 0 Å². The summed E-state index contributed by atoms with van der Waals surface area (Å²) in [5, 5.41) is 0. The van der Waals surface area contributed by atoms with Gasteiger partial charge in [-0.15, -0.1) is 0 Å². The Labute approximate surface area is 85.3 Å². The van der Waals surface area contributed by atoms with Gasteiger partial charge in [0.2, 0.25) is 0 Å². The highest BCUT2D eigenvalue weighted by Crippen LogP contribution is 2.30. The Kier molecular flexibility index (Phi) is 2.82. The number of unbranched alkanes of at least 4 members (excludes halogenated alkanes) is 1. The largest absolute Gasteiger partial charge is 0.365 e. The monoisotopic (exact) mass is 188 g/mol. The van der Waals surface area contributed by atoms with Crippen LogP contribution in [0.3, 0.4) is 0 Å². The van der Waals surface area contributed by atoms with Gasteiger partial charge in [0.25, 0.3) is 0 Å². The number of fused-ring (bicyclic) bond motifs is 1. The fourth-order valence-electron chi connectivity index (χ4n) is 1.74. The van der Waals surface area contributed by atoms with E-state index in [4.69, 9.17) is 0 Å². The number of benzene rings is 1. The first kappa shape index (κ1) is 9.25. The summed E-state index contributed by atoms with van der Waals surface area (Å²) >= 11 is 0. The van der Waals surface area contributed by atoms with E-state index >= 15 is 0 Å². The molecule has 2 rings (SSSR count). The fourth-order valence-corrected chi connectivity index (χ4v) is 1.74. The Balaban J connectivity index is 2.18. The molecule has 0 aromatic heterocycles. The normalized spacial score (nSPS) is 14.2. The van der Waals surface area contributed by atoms with Crippen molar-refractivity contribution in [1.29, 1.82) is 0 Å². The van der Waals surface area contributed by atoms with Crippen LogP contribution < -0.4 is 4.90 Å².